The van der Waals surface area contributed by atoms with Crippen LogP contribution in [0.5, 0.6) is 0 Å². The van der Waals surface area contributed by atoms with Crippen molar-refractivity contribution in [2.24, 2.45) is 5.92 Å². The lowest BCUT2D eigenvalue weighted by atomic mass is 9.88. The lowest BCUT2D eigenvalue weighted by molar-refractivity contribution is 0.403. The molecule has 38 heavy (non-hydrogen) atoms. The molecule has 5 heteroatoms. The summed E-state index contributed by atoms with van der Waals surface area (Å²) in [5, 5.41) is 0. The Morgan fingerprint density at radius 2 is 1.11 bits per heavy atom. The van der Waals surface area contributed by atoms with Crippen LogP contribution >= 0.6 is 61.3 Å². The summed E-state index contributed by atoms with van der Waals surface area (Å²) < 4.78 is 1.20. The van der Waals surface area contributed by atoms with E-state index in [2.05, 4.69) is 79.2 Å². The second kappa shape index (κ2) is 15.9. The molecular formula is C33H43BrS4. The average Bonchev–Trinajstić information content (AvgIpc) is 3.70. The molecule has 0 aliphatic heterocycles. The first-order chi connectivity index (χ1) is 18.6. The van der Waals surface area contributed by atoms with Gasteiger partial charge in [0.1, 0.15) is 0 Å². The molecule has 1 atom stereocenters. The fourth-order valence-electron chi connectivity index (χ4n) is 5.30. The maximum absolute atomic E-state index is 3.61. The molecule has 4 heterocycles. The summed E-state index contributed by atoms with van der Waals surface area (Å²) in [4.78, 5) is 9.91. The standard InChI is InChI=1S/C33H43BrS4/c1-4-6-8-10-11-13-15-25(14-12-9-7-5-2)23-26-22-24(3)35-33(26)31-19-18-28(37-31)27-16-17-29(36-27)30-20-21-32(34)38-30/h16-22,25H,4-15,23H2,1-3H3. The molecule has 0 aliphatic rings. The van der Waals surface area contributed by atoms with Crippen LogP contribution < -0.4 is 0 Å². The van der Waals surface area contributed by atoms with E-state index in [9.17, 15) is 0 Å². The Hall–Kier alpha value is -0.720. The van der Waals surface area contributed by atoms with Crippen molar-refractivity contribution >= 4 is 61.3 Å². The fourth-order valence-corrected chi connectivity index (χ4v) is 10.1. The van der Waals surface area contributed by atoms with Crippen LogP contribution in [0.15, 0.2) is 46.3 Å². The highest BCUT2D eigenvalue weighted by atomic mass is 79.9. The van der Waals surface area contributed by atoms with Crippen LogP contribution in [-0.4, -0.2) is 0 Å². The van der Waals surface area contributed by atoms with Gasteiger partial charge >= 0.3 is 0 Å². The first-order valence-electron chi connectivity index (χ1n) is 14.6. The van der Waals surface area contributed by atoms with Gasteiger partial charge in [0.25, 0.3) is 0 Å². The van der Waals surface area contributed by atoms with Crippen LogP contribution in [0.25, 0.3) is 29.3 Å². The molecule has 0 aromatic carbocycles. The number of thiophene rings is 4. The van der Waals surface area contributed by atoms with Gasteiger partial charge in [-0.15, -0.1) is 45.3 Å². The van der Waals surface area contributed by atoms with Crippen molar-refractivity contribution < 1.29 is 0 Å². The molecule has 0 spiro atoms. The number of hydrogen-bond acceptors (Lipinski definition) is 4. The highest BCUT2D eigenvalue weighted by molar-refractivity contribution is 9.11. The first-order valence-corrected chi connectivity index (χ1v) is 18.7. The van der Waals surface area contributed by atoms with Gasteiger partial charge in [-0.3, -0.25) is 0 Å². The molecule has 0 N–H and O–H groups in total. The van der Waals surface area contributed by atoms with Crippen LogP contribution in [0.3, 0.4) is 0 Å². The van der Waals surface area contributed by atoms with Crippen LogP contribution in [0.2, 0.25) is 0 Å². The Morgan fingerprint density at radius 1 is 0.605 bits per heavy atom. The molecule has 0 amide bonds. The predicted octanol–water partition coefficient (Wildman–Crippen LogP) is 13.9. The van der Waals surface area contributed by atoms with Gasteiger partial charge in [-0.25, -0.2) is 0 Å². The molecular weight excluding hydrogens is 605 g/mol. The van der Waals surface area contributed by atoms with Gasteiger partial charge in [-0.1, -0.05) is 90.9 Å². The van der Waals surface area contributed by atoms with E-state index >= 15 is 0 Å². The minimum atomic E-state index is 0.829. The highest BCUT2D eigenvalue weighted by Crippen LogP contribution is 2.45. The van der Waals surface area contributed by atoms with Crippen molar-refractivity contribution in [1.82, 2.24) is 0 Å². The second-order valence-electron chi connectivity index (χ2n) is 10.6. The van der Waals surface area contributed by atoms with E-state index in [4.69, 9.17) is 0 Å². The van der Waals surface area contributed by atoms with Crippen molar-refractivity contribution in [1.29, 1.82) is 0 Å². The van der Waals surface area contributed by atoms with Crippen LogP contribution in [0.4, 0.5) is 0 Å². The summed E-state index contributed by atoms with van der Waals surface area (Å²) in [6.45, 7) is 6.92. The summed E-state index contributed by atoms with van der Waals surface area (Å²) in [6.07, 6.45) is 18.0. The molecule has 0 radical (unpaired) electrons. The second-order valence-corrected chi connectivity index (χ2v) is 16.5. The zero-order chi connectivity index (χ0) is 26.7. The summed E-state index contributed by atoms with van der Waals surface area (Å²) in [6, 6.07) is 16.2. The summed E-state index contributed by atoms with van der Waals surface area (Å²) >= 11 is 11.3. The maximum Gasteiger partial charge on any atom is 0.0705 e. The normalized spacial score (nSPS) is 12.4. The average molecular weight is 648 g/mol. The molecule has 4 rings (SSSR count). The number of unbranched alkanes of at least 4 members (excludes halogenated alkanes) is 8. The van der Waals surface area contributed by atoms with Gasteiger partial charge in [0.2, 0.25) is 0 Å². The predicted molar refractivity (Wildman–Crippen MR) is 181 cm³/mol. The number of rotatable bonds is 17. The van der Waals surface area contributed by atoms with Crippen molar-refractivity contribution in [3.63, 3.8) is 0 Å². The third-order valence-electron chi connectivity index (χ3n) is 7.37. The Kier molecular flexibility index (Phi) is 12.7. The zero-order valence-electron chi connectivity index (χ0n) is 23.3. The van der Waals surface area contributed by atoms with E-state index in [1.54, 1.807) is 5.56 Å². The van der Waals surface area contributed by atoms with E-state index in [0.29, 0.717) is 0 Å². The van der Waals surface area contributed by atoms with Gasteiger partial charge in [0, 0.05) is 34.1 Å². The van der Waals surface area contributed by atoms with Gasteiger partial charge in [-0.2, -0.15) is 0 Å². The van der Waals surface area contributed by atoms with E-state index < -0.39 is 0 Å². The molecule has 4 aromatic heterocycles. The smallest absolute Gasteiger partial charge is 0.0705 e. The quantitative estimate of drug-likeness (QED) is 0.100. The van der Waals surface area contributed by atoms with Crippen LogP contribution in [0, 0.1) is 12.8 Å². The third kappa shape index (κ3) is 8.89. The Balaban J connectivity index is 1.44. The van der Waals surface area contributed by atoms with Gasteiger partial charge in [0.05, 0.1) is 3.79 Å². The summed E-state index contributed by atoms with van der Waals surface area (Å²) in [5.74, 6) is 0.829. The molecule has 0 saturated carbocycles. The van der Waals surface area contributed by atoms with Gasteiger partial charge < -0.3 is 0 Å². The fraction of sp³-hybridized carbons (Fsp3) is 0.515. The topological polar surface area (TPSA) is 0 Å². The van der Waals surface area contributed by atoms with Crippen molar-refractivity contribution in [3.05, 3.63) is 56.7 Å². The third-order valence-corrected chi connectivity index (χ3v) is 12.8. The largest absolute Gasteiger partial charge is 0.139 e. The highest BCUT2D eigenvalue weighted by Gasteiger charge is 2.18. The molecule has 206 valence electrons. The van der Waals surface area contributed by atoms with Crippen molar-refractivity contribution in [2.45, 2.75) is 104 Å². The molecule has 4 aromatic rings. The first kappa shape index (κ1) is 30.2. The van der Waals surface area contributed by atoms with E-state index in [0.717, 1.165) is 5.92 Å². The molecule has 0 fully saturated rings. The van der Waals surface area contributed by atoms with Gasteiger partial charge in [0.15, 0.2) is 0 Å². The Bertz CT molecular complexity index is 1220. The minimum absolute atomic E-state index is 0.829. The summed E-state index contributed by atoms with van der Waals surface area (Å²) in [5.41, 5.74) is 1.60. The van der Waals surface area contributed by atoms with Crippen LogP contribution in [0.1, 0.15) is 101 Å². The van der Waals surface area contributed by atoms with E-state index in [1.807, 2.05) is 45.3 Å². The van der Waals surface area contributed by atoms with Crippen molar-refractivity contribution in [3.8, 4) is 29.3 Å². The van der Waals surface area contributed by atoms with Crippen LogP contribution in [-0.2, 0) is 6.42 Å². The SMILES string of the molecule is CCCCCCCCC(CCCCCC)Cc1cc(C)sc1-c1ccc(-c2ccc(-c3ccc(Br)s3)s2)s1. The Labute approximate surface area is 255 Å². The van der Waals surface area contributed by atoms with Gasteiger partial charge in [-0.05, 0) is 83.2 Å². The molecule has 0 bridgehead atoms. The number of aryl methyl sites for hydroxylation is 1. The zero-order valence-corrected chi connectivity index (χ0v) is 28.2. The lowest BCUT2D eigenvalue weighted by Crippen LogP contribution is -2.05. The molecule has 1 unspecified atom stereocenters. The number of hydrogen-bond donors (Lipinski definition) is 0. The van der Waals surface area contributed by atoms with E-state index in [1.165, 1.54) is 121 Å². The maximum atomic E-state index is 3.61. The molecule has 0 saturated heterocycles. The minimum Gasteiger partial charge on any atom is -0.139 e. The Morgan fingerprint density at radius 3 is 1.71 bits per heavy atom. The molecule has 0 aliphatic carbocycles. The van der Waals surface area contributed by atoms with E-state index in [-0.39, 0.29) is 0 Å². The summed E-state index contributed by atoms with van der Waals surface area (Å²) in [7, 11) is 0. The number of halogens is 1. The van der Waals surface area contributed by atoms with Crippen molar-refractivity contribution in [2.75, 3.05) is 0 Å². The monoisotopic (exact) mass is 646 g/mol. The lowest BCUT2D eigenvalue weighted by Gasteiger charge is -2.17. The molecule has 0 nitrogen and oxygen atoms in total.